The van der Waals surface area contributed by atoms with Gasteiger partial charge >= 0.3 is 0 Å². The van der Waals surface area contributed by atoms with Gasteiger partial charge in [-0.3, -0.25) is 4.79 Å². The Kier molecular flexibility index (Phi) is 5.26. The number of nitrogens with one attached hydrogen (secondary N) is 2. The van der Waals surface area contributed by atoms with Gasteiger partial charge in [-0.05, 0) is 45.1 Å². The van der Waals surface area contributed by atoms with E-state index in [4.69, 9.17) is 4.74 Å². The molecule has 4 nitrogen and oxygen atoms in total. The van der Waals surface area contributed by atoms with Crippen molar-refractivity contribution in [3.8, 4) is 0 Å². The Labute approximate surface area is 103 Å². The van der Waals surface area contributed by atoms with E-state index in [2.05, 4.69) is 10.6 Å². The summed E-state index contributed by atoms with van der Waals surface area (Å²) in [6.07, 6.45) is 7.75. The molecule has 2 fully saturated rings. The van der Waals surface area contributed by atoms with Crippen LogP contribution in [0, 0.1) is 0 Å². The highest BCUT2D eigenvalue weighted by atomic mass is 16.5. The molecule has 2 aliphatic rings. The normalized spacial score (nSPS) is 24.6. The molecule has 1 aliphatic heterocycles. The molecule has 98 valence electrons. The Morgan fingerprint density at radius 3 is 2.76 bits per heavy atom. The van der Waals surface area contributed by atoms with Crippen LogP contribution in [0.3, 0.4) is 0 Å². The summed E-state index contributed by atoms with van der Waals surface area (Å²) in [5.74, 6) is 0.142. The Morgan fingerprint density at radius 1 is 1.18 bits per heavy atom. The zero-order valence-corrected chi connectivity index (χ0v) is 10.5. The second-order valence-electron chi connectivity index (χ2n) is 5.12. The maximum absolute atomic E-state index is 11.6. The number of hydrogen-bond donors (Lipinski definition) is 2. The molecule has 0 aromatic heterocycles. The van der Waals surface area contributed by atoms with Crippen molar-refractivity contribution in [1.29, 1.82) is 0 Å². The molecule has 1 amide bonds. The molecule has 0 spiro atoms. The van der Waals surface area contributed by atoms with Gasteiger partial charge in [0.25, 0.3) is 0 Å². The van der Waals surface area contributed by atoms with Crippen molar-refractivity contribution >= 4 is 5.91 Å². The minimum absolute atomic E-state index is 0.142. The van der Waals surface area contributed by atoms with Crippen molar-refractivity contribution in [3.63, 3.8) is 0 Å². The lowest BCUT2D eigenvalue weighted by molar-refractivity contribution is -0.124. The molecule has 1 heterocycles. The van der Waals surface area contributed by atoms with Gasteiger partial charge in [0, 0.05) is 19.2 Å². The summed E-state index contributed by atoms with van der Waals surface area (Å²) in [6, 6.07) is 0.765. The average molecular weight is 240 g/mol. The highest BCUT2D eigenvalue weighted by Gasteiger charge is 2.19. The fourth-order valence-electron chi connectivity index (χ4n) is 2.16. The minimum atomic E-state index is 0.142. The van der Waals surface area contributed by atoms with Gasteiger partial charge in [0.1, 0.15) is 0 Å². The number of carbonyl (C=O) groups excluding carboxylic acids is 1. The van der Waals surface area contributed by atoms with Crippen LogP contribution in [-0.2, 0) is 9.53 Å². The van der Waals surface area contributed by atoms with Crippen molar-refractivity contribution in [2.24, 2.45) is 0 Å². The third-order valence-electron chi connectivity index (χ3n) is 3.37. The van der Waals surface area contributed by atoms with Gasteiger partial charge in [-0.2, -0.15) is 0 Å². The van der Waals surface area contributed by atoms with Crippen molar-refractivity contribution < 1.29 is 9.53 Å². The first-order valence-electron chi connectivity index (χ1n) is 6.96. The first kappa shape index (κ1) is 12.8. The molecule has 1 unspecified atom stereocenters. The summed E-state index contributed by atoms with van der Waals surface area (Å²) in [6.45, 7) is 2.62. The van der Waals surface area contributed by atoms with E-state index in [9.17, 15) is 4.79 Å². The Balaban J connectivity index is 1.44. The fourth-order valence-corrected chi connectivity index (χ4v) is 2.16. The van der Waals surface area contributed by atoms with E-state index in [-0.39, 0.29) is 12.0 Å². The molecule has 1 saturated heterocycles. The maximum atomic E-state index is 11.6. The second-order valence-corrected chi connectivity index (χ2v) is 5.12. The predicted octanol–water partition coefficient (Wildman–Crippen LogP) is 1.20. The number of amides is 1. The molecule has 1 aliphatic carbocycles. The molecule has 1 saturated carbocycles. The van der Waals surface area contributed by atoms with Gasteiger partial charge in [0.05, 0.1) is 12.5 Å². The lowest BCUT2D eigenvalue weighted by Crippen LogP contribution is -2.32. The van der Waals surface area contributed by atoms with Crippen LogP contribution in [0.1, 0.15) is 44.9 Å². The van der Waals surface area contributed by atoms with Crippen molar-refractivity contribution in [2.45, 2.75) is 57.1 Å². The van der Waals surface area contributed by atoms with Crippen LogP contribution in [0.5, 0.6) is 0 Å². The summed E-state index contributed by atoms with van der Waals surface area (Å²) < 4.78 is 5.54. The quantitative estimate of drug-likeness (QED) is 0.658. The highest BCUT2D eigenvalue weighted by Crippen LogP contribution is 2.18. The van der Waals surface area contributed by atoms with E-state index in [1.54, 1.807) is 0 Å². The number of rotatable bonds is 7. The molecule has 0 aromatic carbocycles. The Morgan fingerprint density at radius 2 is 2.06 bits per heavy atom. The average Bonchev–Trinajstić information content (AvgIpc) is 3.14. The lowest BCUT2D eigenvalue weighted by atomic mass is 10.1. The summed E-state index contributed by atoms with van der Waals surface area (Å²) in [5.41, 5.74) is 0. The minimum Gasteiger partial charge on any atom is -0.378 e. The van der Waals surface area contributed by atoms with Gasteiger partial charge in [0.2, 0.25) is 5.91 Å². The van der Waals surface area contributed by atoms with E-state index >= 15 is 0 Å². The van der Waals surface area contributed by atoms with E-state index in [1.807, 2.05) is 0 Å². The molecule has 2 N–H and O–H groups in total. The lowest BCUT2D eigenvalue weighted by Gasteiger charge is -2.21. The van der Waals surface area contributed by atoms with Crippen LogP contribution in [0.25, 0.3) is 0 Å². The van der Waals surface area contributed by atoms with Crippen molar-refractivity contribution in [3.05, 3.63) is 0 Å². The highest BCUT2D eigenvalue weighted by molar-refractivity contribution is 5.76. The molecular formula is C13H24N2O2. The summed E-state index contributed by atoms with van der Waals surface area (Å²) in [5, 5.41) is 6.40. The van der Waals surface area contributed by atoms with E-state index in [0.29, 0.717) is 6.42 Å². The van der Waals surface area contributed by atoms with Gasteiger partial charge in [0.15, 0.2) is 0 Å². The third-order valence-corrected chi connectivity index (χ3v) is 3.37. The van der Waals surface area contributed by atoms with Gasteiger partial charge in [-0.15, -0.1) is 0 Å². The molecule has 2 rings (SSSR count). The topological polar surface area (TPSA) is 50.4 Å². The SMILES string of the molecule is O=C(CC1CCCCO1)NCCCNC1CC1. The molecule has 0 bridgehead atoms. The Hall–Kier alpha value is -0.610. The number of carbonyl (C=O) groups is 1. The summed E-state index contributed by atoms with van der Waals surface area (Å²) in [7, 11) is 0. The van der Waals surface area contributed by atoms with Crippen LogP contribution in [0.4, 0.5) is 0 Å². The monoisotopic (exact) mass is 240 g/mol. The van der Waals surface area contributed by atoms with Crippen LogP contribution in [0.15, 0.2) is 0 Å². The first-order chi connectivity index (χ1) is 8.34. The molecule has 4 heteroatoms. The van der Waals surface area contributed by atoms with Gasteiger partial charge in [-0.25, -0.2) is 0 Å². The maximum Gasteiger partial charge on any atom is 0.222 e. The summed E-state index contributed by atoms with van der Waals surface area (Å²) >= 11 is 0. The third kappa shape index (κ3) is 5.50. The van der Waals surface area contributed by atoms with E-state index in [0.717, 1.165) is 45.0 Å². The molecule has 0 radical (unpaired) electrons. The summed E-state index contributed by atoms with van der Waals surface area (Å²) in [4.78, 5) is 11.6. The predicted molar refractivity (Wildman–Crippen MR) is 66.9 cm³/mol. The molecule has 1 atom stereocenters. The number of hydrogen-bond acceptors (Lipinski definition) is 3. The molecule has 0 aromatic rings. The molecular weight excluding hydrogens is 216 g/mol. The van der Waals surface area contributed by atoms with Gasteiger partial charge < -0.3 is 15.4 Å². The van der Waals surface area contributed by atoms with Gasteiger partial charge in [-0.1, -0.05) is 0 Å². The zero-order chi connectivity index (χ0) is 11.9. The molecule has 17 heavy (non-hydrogen) atoms. The standard InChI is InChI=1S/C13H24N2O2/c16-13(10-12-4-1-2-9-17-12)15-8-3-7-14-11-5-6-11/h11-12,14H,1-10H2,(H,15,16). The van der Waals surface area contributed by atoms with Crippen molar-refractivity contribution in [1.82, 2.24) is 10.6 Å². The second kappa shape index (κ2) is 6.97. The number of ether oxygens (including phenoxy) is 1. The fraction of sp³-hybridized carbons (Fsp3) is 0.923. The van der Waals surface area contributed by atoms with Crippen molar-refractivity contribution in [2.75, 3.05) is 19.7 Å². The van der Waals surface area contributed by atoms with E-state index in [1.165, 1.54) is 19.3 Å². The van der Waals surface area contributed by atoms with E-state index < -0.39 is 0 Å². The first-order valence-corrected chi connectivity index (χ1v) is 6.96. The van der Waals surface area contributed by atoms with Crippen LogP contribution < -0.4 is 10.6 Å². The largest absolute Gasteiger partial charge is 0.378 e. The Bertz CT molecular complexity index is 236. The van der Waals surface area contributed by atoms with Crippen LogP contribution in [0.2, 0.25) is 0 Å². The van der Waals surface area contributed by atoms with Crippen LogP contribution >= 0.6 is 0 Å². The zero-order valence-electron chi connectivity index (χ0n) is 10.5. The van der Waals surface area contributed by atoms with Crippen LogP contribution in [-0.4, -0.2) is 37.7 Å². The smallest absolute Gasteiger partial charge is 0.222 e.